The fourth-order valence-electron chi connectivity index (χ4n) is 1.83. The second-order valence-electron chi connectivity index (χ2n) is 4.69. The van der Waals surface area contributed by atoms with Crippen LogP contribution in [0, 0.1) is 16.7 Å². The van der Waals surface area contributed by atoms with Gasteiger partial charge in [0.2, 0.25) is 0 Å². The molecule has 0 amide bonds. The van der Waals surface area contributed by atoms with E-state index < -0.39 is 0 Å². The van der Waals surface area contributed by atoms with Crippen LogP contribution in [-0.4, -0.2) is 6.54 Å². The molecular formula is C14H18N2. The molecule has 2 heteroatoms. The van der Waals surface area contributed by atoms with Gasteiger partial charge in [0.05, 0.1) is 11.5 Å². The lowest BCUT2D eigenvalue weighted by molar-refractivity contribution is 0.711. The number of hydrogen-bond acceptors (Lipinski definition) is 2. The van der Waals surface area contributed by atoms with Crippen molar-refractivity contribution >= 4 is 5.69 Å². The van der Waals surface area contributed by atoms with E-state index in [-0.39, 0.29) is 5.41 Å². The molecule has 0 unspecified atom stereocenters. The van der Waals surface area contributed by atoms with Crippen molar-refractivity contribution in [2.24, 2.45) is 5.41 Å². The van der Waals surface area contributed by atoms with E-state index in [0.717, 1.165) is 31.5 Å². The Morgan fingerprint density at radius 1 is 1.31 bits per heavy atom. The first-order valence-electron chi connectivity index (χ1n) is 6.02. The van der Waals surface area contributed by atoms with Gasteiger partial charge in [-0.3, -0.25) is 0 Å². The largest absolute Gasteiger partial charge is 0.383 e. The number of rotatable bonds is 5. The Morgan fingerprint density at radius 2 is 2.00 bits per heavy atom. The number of aryl methyl sites for hydroxylation is 1. The van der Waals surface area contributed by atoms with Gasteiger partial charge in [0.25, 0.3) is 0 Å². The highest BCUT2D eigenvalue weighted by molar-refractivity contribution is 5.45. The first-order chi connectivity index (χ1) is 7.78. The molecule has 1 saturated carbocycles. The molecule has 0 atom stereocenters. The monoisotopic (exact) mass is 214 g/mol. The average molecular weight is 214 g/mol. The van der Waals surface area contributed by atoms with Crippen molar-refractivity contribution < 1.29 is 0 Å². The van der Waals surface area contributed by atoms with Gasteiger partial charge >= 0.3 is 0 Å². The van der Waals surface area contributed by atoms with Crippen LogP contribution in [-0.2, 0) is 6.42 Å². The van der Waals surface area contributed by atoms with Gasteiger partial charge in [-0.1, -0.05) is 25.5 Å². The van der Waals surface area contributed by atoms with Gasteiger partial charge < -0.3 is 5.32 Å². The van der Waals surface area contributed by atoms with Crippen LogP contribution in [0.3, 0.4) is 0 Å². The average Bonchev–Trinajstić information content (AvgIpc) is 3.09. The van der Waals surface area contributed by atoms with Gasteiger partial charge in [-0.15, -0.1) is 0 Å². The zero-order valence-corrected chi connectivity index (χ0v) is 9.79. The molecule has 0 saturated heterocycles. The summed E-state index contributed by atoms with van der Waals surface area (Å²) in [5.41, 5.74) is 2.44. The molecule has 0 radical (unpaired) electrons. The number of benzene rings is 1. The molecule has 0 aliphatic heterocycles. The van der Waals surface area contributed by atoms with E-state index in [0.29, 0.717) is 0 Å². The van der Waals surface area contributed by atoms with Crippen molar-refractivity contribution in [2.75, 3.05) is 11.9 Å². The fourth-order valence-corrected chi connectivity index (χ4v) is 1.83. The summed E-state index contributed by atoms with van der Waals surface area (Å²) in [5, 5.41) is 12.3. The van der Waals surface area contributed by atoms with Gasteiger partial charge in [0, 0.05) is 12.2 Å². The predicted molar refractivity (Wildman–Crippen MR) is 66.2 cm³/mol. The van der Waals surface area contributed by atoms with E-state index in [1.807, 2.05) is 0 Å². The third-order valence-corrected chi connectivity index (χ3v) is 3.21. The normalized spacial score (nSPS) is 16.5. The van der Waals surface area contributed by atoms with E-state index in [9.17, 15) is 0 Å². The summed E-state index contributed by atoms with van der Waals surface area (Å²) in [5.74, 6) is 0. The molecule has 1 N–H and O–H groups in total. The standard InChI is InChI=1S/C14H18N2/c1-2-3-12-4-6-13(7-5-12)16-11-14(10-15)8-9-14/h4-7,16H,2-3,8-9,11H2,1H3. The summed E-state index contributed by atoms with van der Waals surface area (Å²) >= 11 is 0. The Bertz CT molecular complexity index is 382. The minimum absolute atomic E-state index is 0.0674. The van der Waals surface area contributed by atoms with Crippen LogP contribution in [0.1, 0.15) is 31.7 Å². The molecule has 0 spiro atoms. The van der Waals surface area contributed by atoms with Crippen LogP contribution >= 0.6 is 0 Å². The first-order valence-corrected chi connectivity index (χ1v) is 6.02. The summed E-state index contributed by atoms with van der Waals surface area (Å²) in [6.07, 6.45) is 4.42. The molecule has 1 aromatic rings. The third-order valence-electron chi connectivity index (χ3n) is 3.21. The van der Waals surface area contributed by atoms with Crippen molar-refractivity contribution in [1.29, 1.82) is 5.26 Å². The minimum atomic E-state index is -0.0674. The van der Waals surface area contributed by atoms with Crippen LogP contribution in [0.25, 0.3) is 0 Å². The summed E-state index contributed by atoms with van der Waals surface area (Å²) in [6.45, 7) is 2.98. The molecule has 16 heavy (non-hydrogen) atoms. The van der Waals surface area contributed by atoms with Crippen LogP contribution in [0.2, 0.25) is 0 Å². The van der Waals surface area contributed by atoms with Crippen LogP contribution in [0.15, 0.2) is 24.3 Å². The molecule has 1 aliphatic rings. The molecule has 1 fully saturated rings. The number of nitrogens with one attached hydrogen (secondary N) is 1. The Labute approximate surface area is 97.3 Å². The maximum absolute atomic E-state index is 8.96. The fraction of sp³-hybridized carbons (Fsp3) is 0.500. The molecule has 1 aliphatic carbocycles. The van der Waals surface area contributed by atoms with Crippen molar-refractivity contribution in [3.63, 3.8) is 0 Å². The molecule has 2 nitrogen and oxygen atoms in total. The Hall–Kier alpha value is -1.49. The summed E-state index contributed by atoms with van der Waals surface area (Å²) in [6, 6.07) is 10.9. The maximum Gasteiger partial charge on any atom is 0.0747 e. The lowest BCUT2D eigenvalue weighted by atomic mass is 10.1. The van der Waals surface area contributed by atoms with Crippen LogP contribution in [0.4, 0.5) is 5.69 Å². The highest BCUT2D eigenvalue weighted by atomic mass is 14.9. The smallest absolute Gasteiger partial charge is 0.0747 e. The molecule has 0 aromatic heterocycles. The number of anilines is 1. The molecule has 84 valence electrons. The van der Waals surface area contributed by atoms with Crippen LogP contribution in [0.5, 0.6) is 0 Å². The van der Waals surface area contributed by atoms with E-state index in [1.165, 1.54) is 12.0 Å². The van der Waals surface area contributed by atoms with Crippen molar-refractivity contribution in [2.45, 2.75) is 32.6 Å². The number of nitrogens with zero attached hydrogens (tertiary/aromatic N) is 1. The van der Waals surface area contributed by atoms with Gasteiger partial charge in [0.15, 0.2) is 0 Å². The lowest BCUT2D eigenvalue weighted by Gasteiger charge is -2.09. The van der Waals surface area contributed by atoms with Crippen molar-refractivity contribution in [1.82, 2.24) is 0 Å². The Kier molecular flexibility index (Phi) is 3.14. The van der Waals surface area contributed by atoms with Crippen molar-refractivity contribution in [3.05, 3.63) is 29.8 Å². The maximum atomic E-state index is 8.96. The summed E-state index contributed by atoms with van der Waals surface area (Å²) in [4.78, 5) is 0. The Morgan fingerprint density at radius 3 is 2.50 bits per heavy atom. The quantitative estimate of drug-likeness (QED) is 0.815. The molecule has 1 aromatic carbocycles. The van der Waals surface area contributed by atoms with E-state index in [1.54, 1.807) is 0 Å². The van der Waals surface area contributed by atoms with Crippen LogP contribution < -0.4 is 5.32 Å². The SMILES string of the molecule is CCCc1ccc(NCC2(C#N)CC2)cc1. The first kappa shape index (κ1) is 11.0. The second kappa shape index (κ2) is 4.57. The van der Waals surface area contributed by atoms with Crippen molar-refractivity contribution in [3.8, 4) is 6.07 Å². The minimum Gasteiger partial charge on any atom is -0.383 e. The topological polar surface area (TPSA) is 35.8 Å². The molecule has 0 bridgehead atoms. The zero-order valence-electron chi connectivity index (χ0n) is 9.79. The predicted octanol–water partition coefficient (Wildman–Crippen LogP) is 3.35. The van der Waals surface area contributed by atoms with E-state index >= 15 is 0 Å². The number of nitriles is 1. The summed E-state index contributed by atoms with van der Waals surface area (Å²) < 4.78 is 0. The second-order valence-corrected chi connectivity index (χ2v) is 4.69. The number of hydrogen-bond donors (Lipinski definition) is 1. The van der Waals surface area contributed by atoms with Gasteiger partial charge in [-0.25, -0.2) is 0 Å². The van der Waals surface area contributed by atoms with Gasteiger partial charge in [0.1, 0.15) is 0 Å². The molecule has 0 heterocycles. The molecular weight excluding hydrogens is 196 g/mol. The summed E-state index contributed by atoms with van der Waals surface area (Å²) in [7, 11) is 0. The third kappa shape index (κ3) is 2.55. The van der Waals surface area contributed by atoms with E-state index in [2.05, 4.69) is 42.6 Å². The zero-order chi connectivity index (χ0) is 11.4. The van der Waals surface area contributed by atoms with Gasteiger partial charge in [-0.05, 0) is 37.0 Å². The lowest BCUT2D eigenvalue weighted by Crippen LogP contribution is -2.13. The highest BCUT2D eigenvalue weighted by Gasteiger charge is 2.42. The highest BCUT2D eigenvalue weighted by Crippen LogP contribution is 2.44. The molecule has 2 rings (SSSR count). The van der Waals surface area contributed by atoms with E-state index in [4.69, 9.17) is 5.26 Å². The van der Waals surface area contributed by atoms with Gasteiger partial charge in [-0.2, -0.15) is 5.26 Å². The Balaban J connectivity index is 1.88.